The Morgan fingerprint density at radius 3 is 2.76 bits per heavy atom. The molecule has 1 aromatic carbocycles. The molecule has 1 saturated carbocycles. The van der Waals surface area contributed by atoms with Crippen molar-refractivity contribution in [1.29, 1.82) is 0 Å². The minimum atomic E-state index is -0.183. The number of nitrogens with one attached hydrogen (secondary N) is 1. The summed E-state index contributed by atoms with van der Waals surface area (Å²) in [6.45, 7) is 0. The Morgan fingerprint density at radius 2 is 1.96 bits per heavy atom. The van der Waals surface area contributed by atoms with Crippen molar-refractivity contribution in [3.63, 3.8) is 0 Å². The third-order valence-electron chi connectivity index (χ3n) is 4.90. The monoisotopic (exact) mass is 339 g/mol. The molecule has 1 amide bonds. The number of aromatic nitrogens is 1. The lowest BCUT2D eigenvalue weighted by molar-refractivity contribution is 0.0993. The highest BCUT2D eigenvalue weighted by molar-refractivity contribution is 6.09. The maximum atomic E-state index is 12.6. The van der Waals surface area contributed by atoms with E-state index in [0.29, 0.717) is 28.8 Å². The van der Waals surface area contributed by atoms with Crippen molar-refractivity contribution in [3.8, 4) is 11.5 Å². The molecule has 0 atom stereocenters. The number of ether oxygens (including phenoxy) is 1. The van der Waals surface area contributed by atoms with E-state index in [9.17, 15) is 9.90 Å². The van der Waals surface area contributed by atoms with Crippen LogP contribution in [-0.2, 0) is 0 Å². The molecule has 25 heavy (non-hydrogen) atoms. The van der Waals surface area contributed by atoms with Crippen LogP contribution in [0, 0.1) is 0 Å². The van der Waals surface area contributed by atoms with Crippen molar-refractivity contribution in [1.82, 2.24) is 4.98 Å². The van der Waals surface area contributed by atoms with E-state index in [1.54, 1.807) is 30.3 Å². The Labute approximate surface area is 146 Å². The van der Waals surface area contributed by atoms with Gasteiger partial charge in [0.05, 0.1) is 17.9 Å². The van der Waals surface area contributed by atoms with Gasteiger partial charge in [-0.15, -0.1) is 0 Å². The molecule has 2 N–H and O–H groups in total. The summed E-state index contributed by atoms with van der Waals surface area (Å²) in [6, 6.07) is 9.38. The van der Waals surface area contributed by atoms with Crippen LogP contribution in [0.2, 0.25) is 0 Å². The summed E-state index contributed by atoms with van der Waals surface area (Å²) in [4.78, 5) is 18.6. The first kappa shape index (κ1) is 15.9. The summed E-state index contributed by atoms with van der Waals surface area (Å²) >= 11 is 0. The summed E-state index contributed by atoms with van der Waals surface area (Å²) in [5, 5.41) is 13.0. The molecule has 6 nitrogen and oxygen atoms in total. The molecule has 1 fully saturated rings. The second-order valence-electron chi connectivity index (χ2n) is 6.65. The van der Waals surface area contributed by atoms with E-state index in [4.69, 9.17) is 4.74 Å². The Balaban J connectivity index is 1.62. The second-order valence-corrected chi connectivity index (χ2v) is 6.65. The van der Waals surface area contributed by atoms with E-state index in [1.165, 1.54) is 0 Å². The Morgan fingerprint density at radius 1 is 1.20 bits per heavy atom. The molecule has 0 radical (unpaired) electrons. The van der Waals surface area contributed by atoms with Gasteiger partial charge < -0.3 is 20.1 Å². The van der Waals surface area contributed by atoms with Crippen LogP contribution in [0.3, 0.4) is 0 Å². The van der Waals surface area contributed by atoms with Crippen LogP contribution in [0.5, 0.6) is 11.5 Å². The zero-order valence-corrected chi connectivity index (χ0v) is 14.1. The van der Waals surface area contributed by atoms with Gasteiger partial charge in [-0.05, 0) is 37.8 Å². The van der Waals surface area contributed by atoms with E-state index in [1.807, 2.05) is 18.2 Å². The van der Waals surface area contributed by atoms with Crippen LogP contribution in [0.1, 0.15) is 36.0 Å². The minimum absolute atomic E-state index is 0.113. The van der Waals surface area contributed by atoms with Gasteiger partial charge in [-0.25, -0.2) is 4.98 Å². The van der Waals surface area contributed by atoms with Gasteiger partial charge in [-0.1, -0.05) is 12.1 Å². The summed E-state index contributed by atoms with van der Waals surface area (Å²) in [6.07, 6.45) is 4.94. The highest BCUT2D eigenvalue weighted by atomic mass is 16.5. The maximum absolute atomic E-state index is 12.6. The first-order valence-corrected chi connectivity index (χ1v) is 8.61. The fourth-order valence-corrected chi connectivity index (χ4v) is 3.41. The van der Waals surface area contributed by atoms with Gasteiger partial charge in [0.15, 0.2) is 5.75 Å². The van der Waals surface area contributed by atoms with Crippen molar-refractivity contribution in [3.05, 3.63) is 42.1 Å². The molecule has 2 aromatic rings. The normalized spacial score (nSPS) is 22.5. The van der Waals surface area contributed by atoms with Gasteiger partial charge >= 0.3 is 0 Å². The van der Waals surface area contributed by atoms with Gasteiger partial charge in [-0.3, -0.25) is 4.79 Å². The zero-order valence-electron chi connectivity index (χ0n) is 14.1. The molecule has 0 saturated heterocycles. The molecule has 0 unspecified atom stereocenters. The zero-order chi connectivity index (χ0) is 17.4. The number of pyridine rings is 1. The lowest BCUT2D eigenvalue weighted by atomic mass is 9.93. The minimum Gasteiger partial charge on any atom is -0.454 e. The highest BCUT2D eigenvalue weighted by Gasteiger charge is 2.26. The number of hydrogen-bond acceptors (Lipinski definition) is 5. The third-order valence-corrected chi connectivity index (χ3v) is 4.90. The highest BCUT2D eigenvalue weighted by Crippen LogP contribution is 2.39. The largest absolute Gasteiger partial charge is 0.454 e. The number of aliphatic hydroxyl groups excluding tert-OH is 1. The van der Waals surface area contributed by atoms with Crippen molar-refractivity contribution in [2.45, 2.75) is 37.8 Å². The van der Waals surface area contributed by atoms with Crippen LogP contribution in [0.25, 0.3) is 0 Å². The standard InChI is InChI=1S/C19H21N3O3/c1-22-15-11-20-18(21-12-6-8-13(23)9-7-12)10-17(15)25-16-5-3-2-4-14(16)19(22)24/h2-5,10-13,23H,6-9H2,1H3,(H,20,21)/t12-,13-. The SMILES string of the molecule is CN1C(=O)c2ccccc2Oc2cc(N[C@H]3CC[C@H](O)CC3)ncc21. The molecule has 0 bridgehead atoms. The van der Waals surface area contributed by atoms with E-state index >= 15 is 0 Å². The first-order valence-electron chi connectivity index (χ1n) is 8.61. The van der Waals surface area contributed by atoms with Crippen LogP contribution < -0.4 is 15.0 Å². The molecule has 1 aromatic heterocycles. The first-order chi connectivity index (χ1) is 12.1. The van der Waals surface area contributed by atoms with Crippen LogP contribution >= 0.6 is 0 Å². The lowest BCUT2D eigenvalue weighted by Crippen LogP contribution is -2.28. The number of carbonyl (C=O) groups is 1. The lowest BCUT2D eigenvalue weighted by Gasteiger charge is -2.27. The number of amides is 1. The molecular formula is C19H21N3O3. The molecule has 0 spiro atoms. The topological polar surface area (TPSA) is 74.7 Å². The fraction of sp³-hybridized carbons (Fsp3) is 0.368. The molecule has 1 aliphatic heterocycles. The number of para-hydroxylation sites is 1. The Bertz CT molecular complexity index is 800. The molecule has 2 heterocycles. The molecule has 2 aliphatic rings. The van der Waals surface area contributed by atoms with Gasteiger partial charge in [0.2, 0.25) is 0 Å². The predicted molar refractivity (Wildman–Crippen MR) is 95.4 cm³/mol. The molecule has 4 rings (SSSR count). The van der Waals surface area contributed by atoms with E-state index < -0.39 is 0 Å². The van der Waals surface area contributed by atoms with Gasteiger partial charge in [0, 0.05) is 19.2 Å². The Kier molecular flexibility index (Phi) is 4.05. The molecule has 130 valence electrons. The third kappa shape index (κ3) is 3.05. The van der Waals surface area contributed by atoms with Gasteiger partial charge in [-0.2, -0.15) is 0 Å². The van der Waals surface area contributed by atoms with Crippen LogP contribution in [0.15, 0.2) is 36.5 Å². The van der Waals surface area contributed by atoms with Crippen molar-refractivity contribution < 1.29 is 14.6 Å². The van der Waals surface area contributed by atoms with Crippen LogP contribution in [-0.4, -0.2) is 35.2 Å². The van der Waals surface area contributed by atoms with E-state index in [-0.39, 0.29) is 12.0 Å². The predicted octanol–water partition coefficient (Wildman–Crippen LogP) is 3.18. The van der Waals surface area contributed by atoms with E-state index in [0.717, 1.165) is 31.5 Å². The van der Waals surface area contributed by atoms with Gasteiger partial charge in [0.1, 0.15) is 17.3 Å². The number of benzene rings is 1. The number of rotatable bonds is 2. The van der Waals surface area contributed by atoms with Crippen molar-refractivity contribution in [2.75, 3.05) is 17.3 Å². The molecule has 1 aliphatic carbocycles. The quantitative estimate of drug-likeness (QED) is 0.879. The average molecular weight is 339 g/mol. The van der Waals surface area contributed by atoms with Crippen molar-refractivity contribution in [2.24, 2.45) is 0 Å². The summed E-state index contributed by atoms with van der Waals surface area (Å²) in [5.41, 5.74) is 1.18. The molecule has 6 heteroatoms. The van der Waals surface area contributed by atoms with Gasteiger partial charge in [0.25, 0.3) is 5.91 Å². The summed E-state index contributed by atoms with van der Waals surface area (Å²) in [7, 11) is 1.73. The fourth-order valence-electron chi connectivity index (χ4n) is 3.41. The molecular weight excluding hydrogens is 318 g/mol. The summed E-state index contributed by atoms with van der Waals surface area (Å²) < 4.78 is 6.01. The number of hydrogen-bond donors (Lipinski definition) is 2. The number of aliphatic hydroxyl groups is 1. The van der Waals surface area contributed by atoms with E-state index in [2.05, 4.69) is 10.3 Å². The number of fused-ring (bicyclic) bond motifs is 2. The maximum Gasteiger partial charge on any atom is 0.261 e. The average Bonchev–Trinajstić information content (AvgIpc) is 2.73. The van der Waals surface area contributed by atoms with Crippen LogP contribution in [0.4, 0.5) is 11.5 Å². The Hall–Kier alpha value is -2.60. The number of anilines is 2. The summed E-state index contributed by atoms with van der Waals surface area (Å²) in [5.74, 6) is 1.77. The number of carbonyl (C=O) groups excluding carboxylic acids is 1. The second kappa shape index (κ2) is 6.37. The number of nitrogens with zero attached hydrogens (tertiary/aromatic N) is 2. The smallest absolute Gasteiger partial charge is 0.261 e. The van der Waals surface area contributed by atoms with Crippen molar-refractivity contribution >= 4 is 17.4 Å².